The molecule has 2 N–H and O–H groups in total. The molecule has 0 bridgehead atoms. The SMILES string of the molecule is COc1ccc(CCNc2nccc(C(=O)NC(C)(C)C)n2)cc1OC. The Bertz CT molecular complexity index is 757. The normalized spacial score (nSPS) is 11.0. The average Bonchev–Trinajstić information content (AvgIpc) is 2.60. The highest BCUT2D eigenvalue weighted by molar-refractivity contribution is 5.92. The van der Waals surface area contributed by atoms with Gasteiger partial charge in [0.2, 0.25) is 5.95 Å². The molecule has 1 aromatic carbocycles. The maximum Gasteiger partial charge on any atom is 0.270 e. The lowest BCUT2D eigenvalue weighted by Crippen LogP contribution is -2.41. The molecule has 7 heteroatoms. The Morgan fingerprint density at radius 1 is 1.12 bits per heavy atom. The number of aromatic nitrogens is 2. The van der Waals surface area contributed by atoms with Crippen molar-refractivity contribution in [1.82, 2.24) is 15.3 Å². The van der Waals surface area contributed by atoms with Gasteiger partial charge in [-0.3, -0.25) is 4.79 Å². The summed E-state index contributed by atoms with van der Waals surface area (Å²) >= 11 is 0. The number of nitrogens with zero attached hydrogens (tertiary/aromatic N) is 2. The molecule has 0 spiro atoms. The summed E-state index contributed by atoms with van der Waals surface area (Å²) in [6.07, 6.45) is 2.32. The van der Waals surface area contributed by atoms with Gasteiger partial charge in [-0.2, -0.15) is 0 Å². The van der Waals surface area contributed by atoms with Crippen LogP contribution in [0.3, 0.4) is 0 Å². The number of nitrogens with one attached hydrogen (secondary N) is 2. The minimum Gasteiger partial charge on any atom is -0.493 e. The summed E-state index contributed by atoms with van der Waals surface area (Å²) in [5, 5.41) is 6.03. The van der Waals surface area contributed by atoms with Crippen molar-refractivity contribution >= 4 is 11.9 Å². The van der Waals surface area contributed by atoms with Crippen LogP contribution < -0.4 is 20.1 Å². The fourth-order valence-electron chi connectivity index (χ4n) is 2.33. The van der Waals surface area contributed by atoms with Crippen LogP contribution in [0.4, 0.5) is 5.95 Å². The molecule has 0 atom stereocenters. The molecule has 7 nitrogen and oxygen atoms in total. The van der Waals surface area contributed by atoms with E-state index in [1.54, 1.807) is 26.5 Å². The molecule has 140 valence electrons. The van der Waals surface area contributed by atoms with E-state index in [9.17, 15) is 4.79 Å². The lowest BCUT2D eigenvalue weighted by molar-refractivity contribution is 0.0914. The lowest BCUT2D eigenvalue weighted by Gasteiger charge is -2.20. The highest BCUT2D eigenvalue weighted by Gasteiger charge is 2.16. The van der Waals surface area contributed by atoms with Crippen molar-refractivity contribution in [3.63, 3.8) is 0 Å². The predicted molar refractivity (Wildman–Crippen MR) is 101 cm³/mol. The predicted octanol–water partition coefficient (Wildman–Crippen LogP) is 2.68. The van der Waals surface area contributed by atoms with Gasteiger partial charge in [0.05, 0.1) is 14.2 Å². The Morgan fingerprint density at radius 3 is 2.50 bits per heavy atom. The first-order valence-corrected chi connectivity index (χ1v) is 8.43. The second-order valence-electron chi connectivity index (χ2n) is 6.84. The fraction of sp³-hybridized carbons (Fsp3) is 0.421. The molecule has 1 heterocycles. The molecule has 0 fully saturated rings. The Kier molecular flexibility index (Phi) is 6.38. The summed E-state index contributed by atoms with van der Waals surface area (Å²) < 4.78 is 10.5. The molecule has 0 aliphatic rings. The van der Waals surface area contributed by atoms with Crippen LogP contribution in [0.2, 0.25) is 0 Å². The zero-order valence-electron chi connectivity index (χ0n) is 15.9. The number of benzene rings is 1. The molecule has 0 saturated carbocycles. The van der Waals surface area contributed by atoms with Crippen LogP contribution in [0.5, 0.6) is 11.5 Å². The number of ether oxygens (including phenoxy) is 2. The number of carbonyl (C=O) groups excluding carboxylic acids is 1. The van der Waals surface area contributed by atoms with Gasteiger partial charge in [0, 0.05) is 18.3 Å². The Labute approximate surface area is 154 Å². The molecular weight excluding hydrogens is 332 g/mol. The maximum absolute atomic E-state index is 12.2. The van der Waals surface area contributed by atoms with E-state index in [-0.39, 0.29) is 11.4 Å². The third-order valence-corrected chi connectivity index (χ3v) is 3.52. The fourth-order valence-corrected chi connectivity index (χ4v) is 2.33. The maximum atomic E-state index is 12.2. The van der Waals surface area contributed by atoms with Crippen LogP contribution in [0, 0.1) is 0 Å². The molecule has 0 saturated heterocycles. The first kappa shape index (κ1) is 19.5. The zero-order chi connectivity index (χ0) is 19.2. The van der Waals surface area contributed by atoms with E-state index in [1.807, 2.05) is 39.0 Å². The molecule has 2 rings (SSSR count). The topological polar surface area (TPSA) is 85.4 Å². The van der Waals surface area contributed by atoms with E-state index in [4.69, 9.17) is 9.47 Å². The van der Waals surface area contributed by atoms with Gasteiger partial charge in [-0.25, -0.2) is 9.97 Å². The summed E-state index contributed by atoms with van der Waals surface area (Å²) in [5.74, 6) is 1.60. The van der Waals surface area contributed by atoms with Crippen LogP contribution in [-0.2, 0) is 6.42 Å². The van der Waals surface area contributed by atoms with Gasteiger partial charge >= 0.3 is 0 Å². The number of anilines is 1. The van der Waals surface area contributed by atoms with Crippen LogP contribution >= 0.6 is 0 Å². The number of hydrogen-bond donors (Lipinski definition) is 2. The van der Waals surface area contributed by atoms with Gasteiger partial charge in [-0.1, -0.05) is 6.07 Å². The molecule has 1 aromatic heterocycles. The van der Waals surface area contributed by atoms with E-state index in [1.165, 1.54) is 0 Å². The minimum absolute atomic E-state index is 0.220. The largest absolute Gasteiger partial charge is 0.493 e. The van der Waals surface area contributed by atoms with Crippen molar-refractivity contribution in [3.05, 3.63) is 41.7 Å². The summed E-state index contributed by atoms with van der Waals surface area (Å²) in [4.78, 5) is 20.6. The molecule has 1 amide bonds. The van der Waals surface area contributed by atoms with Gasteiger partial charge in [0.25, 0.3) is 5.91 Å². The number of carbonyl (C=O) groups is 1. The van der Waals surface area contributed by atoms with Crippen LogP contribution in [0.1, 0.15) is 36.8 Å². The van der Waals surface area contributed by atoms with Gasteiger partial charge in [0.1, 0.15) is 5.69 Å². The third-order valence-electron chi connectivity index (χ3n) is 3.52. The van der Waals surface area contributed by atoms with Crippen molar-refractivity contribution in [3.8, 4) is 11.5 Å². The quantitative estimate of drug-likeness (QED) is 0.791. The van der Waals surface area contributed by atoms with E-state index < -0.39 is 0 Å². The van der Waals surface area contributed by atoms with Gasteiger partial charge in [0.15, 0.2) is 11.5 Å². The molecule has 26 heavy (non-hydrogen) atoms. The minimum atomic E-state index is -0.316. The third kappa shape index (κ3) is 5.61. The van der Waals surface area contributed by atoms with E-state index in [0.717, 1.165) is 12.0 Å². The van der Waals surface area contributed by atoms with E-state index in [2.05, 4.69) is 20.6 Å². The number of rotatable bonds is 7. The van der Waals surface area contributed by atoms with Crippen molar-refractivity contribution in [1.29, 1.82) is 0 Å². The van der Waals surface area contributed by atoms with Crippen LogP contribution in [0.15, 0.2) is 30.5 Å². The van der Waals surface area contributed by atoms with Crippen LogP contribution in [0.25, 0.3) is 0 Å². The van der Waals surface area contributed by atoms with Gasteiger partial charge in [-0.15, -0.1) is 0 Å². The van der Waals surface area contributed by atoms with Crippen molar-refractivity contribution < 1.29 is 14.3 Å². The van der Waals surface area contributed by atoms with Crippen molar-refractivity contribution in [2.75, 3.05) is 26.1 Å². The standard InChI is InChI=1S/C19H26N4O3/c1-19(2,3)23-17(24)14-9-11-21-18(22-14)20-10-8-13-6-7-15(25-4)16(12-13)26-5/h6-7,9,11-12H,8,10H2,1-5H3,(H,23,24)(H,20,21,22). The van der Waals surface area contributed by atoms with E-state index >= 15 is 0 Å². The second kappa shape index (κ2) is 8.51. The summed E-state index contributed by atoms with van der Waals surface area (Å²) in [7, 11) is 3.22. The number of amides is 1. The molecule has 0 aliphatic heterocycles. The smallest absolute Gasteiger partial charge is 0.270 e. The lowest BCUT2D eigenvalue weighted by atomic mass is 10.1. The average molecular weight is 358 g/mol. The molecule has 0 radical (unpaired) electrons. The highest BCUT2D eigenvalue weighted by Crippen LogP contribution is 2.27. The van der Waals surface area contributed by atoms with Gasteiger partial charge < -0.3 is 20.1 Å². The molecular formula is C19H26N4O3. The number of methoxy groups -OCH3 is 2. The Morgan fingerprint density at radius 2 is 1.85 bits per heavy atom. The van der Waals surface area contributed by atoms with E-state index in [0.29, 0.717) is 29.7 Å². The molecule has 2 aromatic rings. The molecule has 0 aliphatic carbocycles. The highest BCUT2D eigenvalue weighted by atomic mass is 16.5. The monoisotopic (exact) mass is 358 g/mol. The van der Waals surface area contributed by atoms with Crippen molar-refractivity contribution in [2.45, 2.75) is 32.7 Å². The Hall–Kier alpha value is -2.83. The first-order valence-electron chi connectivity index (χ1n) is 8.43. The zero-order valence-corrected chi connectivity index (χ0v) is 15.9. The Balaban J connectivity index is 1.96. The first-order chi connectivity index (χ1) is 12.3. The second-order valence-corrected chi connectivity index (χ2v) is 6.84. The van der Waals surface area contributed by atoms with Crippen LogP contribution in [-0.4, -0.2) is 42.2 Å². The summed E-state index contributed by atoms with van der Waals surface area (Å²) in [6.45, 7) is 6.40. The van der Waals surface area contributed by atoms with Gasteiger partial charge in [-0.05, 0) is 51.0 Å². The van der Waals surface area contributed by atoms with Crippen molar-refractivity contribution in [2.24, 2.45) is 0 Å². The summed E-state index contributed by atoms with van der Waals surface area (Å²) in [5.41, 5.74) is 1.11. The summed E-state index contributed by atoms with van der Waals surface area (Å²) in [6, 6.07) is 7.40. The molecule has 0 unspecified atom stereocenters. The number of hydrogen-bond acceptors (Lipinski definition) is 6.